The van der Waals surface area contributed by atoms with Crippen LogP contribution in [0.25, 0.3) is 0 Å². The molecule has 1 amide bonds. The van der Waals surface area contributed by atoms with Gasteiger partial charge < -0.3 is 10.6 Å². The van der Waals surface area contributed by atoms with Crippen LogP contribution >= 0.6 is 23.4 Å². The normalized spacial score (nSPS) is 12.2. The second-order valence-corrected chi connectivity index (χ2v) is 5.29. The van der Waals surface area contributed by atoms with E-state index in [9.17, 15) is 4.79 Å². The van der Waals surface area contributed by atoms with Gasteiger partial charge in [0.15, 0.2) is 0 Å². The summed E-state index contributed by atoms with van der Waals surface area (Å²) in [6.45, 7) is 2.42. The lowest BCUT2D eigenvalue weighted by atomic mass is 10.2. The molecule has 0 saturated heterocycles. The van der Waals surface area contributed by atoms with Crippen molar-refractivity contribution in [3.05, 3.63) is 29.3 Å². The summed E-state index contributed by atoms with van der Waals surface area (Å²) in [5.74, 6) is 0.943. The van der Waals surface area contributed by atoms with Crippen molar-refractivity contribution in [1.82, 2.24) is 5.32 Å². The number of carbonyl (C=O) groups is 1. The van der Waals surface area contributed by atoms with Crippen LogP contribution in [0.15, 0.2) is 24.3 Å². The first kappa shape index (κ1) is 15.3. The molecular formula is C13H19ClN2OS. The number of thioether (sulfide) groups is 1. The minimum atomic E-state index is -0.0670. The maximum absolute atomic E-state index is 11.8. The fourth-order valence-corrected chi connectivity index (χ4v) is 2.46. The number of amides is 1. The first-order valence-electron chi connectivity index (χ1n) is 5.94. The molecule has 0 bridgehead atoms. The van der Waals surface area contributed by atoms with Gasteiger partial charge in [0.1, 0.15) is 0 Å². The number of benzene rings is 1. The molecule has 3 nitrogen and oxygen atoms in total. The zero-order valence-electron chi connectivity index (χ0n) is 10.7. The number of nitrogens with one attached hydrogen (secondary N) is 2. The van der Waals surface area contributed by atoms with Crippen molar-refractivity contribution in [1.29, 1.82) is 0 Å². The molecule has 0 saturated carbocycles. The Kier molecular flexibility index (Phi) is 7.16. The quantitative estimate of drug-likeness (QED) is 0.810. The highest BCUT2D eigenvalue weighted by Crippen LogP contribution is 2.19. The zero-order chi connectivity index (χ0) is 13.4. The van der Waals surface area contributed by atoms with Crippen LogP contribution in [-0.2, 0) is 4.79 Å². The number of anilines is 1. The minimum absolute atomic E-state index is 0.0670. The SMILES string of the molecule is CCC(CSC)NCC(=O)Nc1ccccc1Cl. The zero-order valence-corrected chi connectivity index (χ0v) is 12.3. The number of hydrogen-bond donors (Lipinski definition) is 2. The molecule has 0 aliphatic carbocycles. The summed E-state index contributed by atoms with van der Waals surface area (Å²) in [6, 6.07) is 7.60. The van der Waals surface area contributed by atoms with Gasteiger partial charge in [0.25, 0.3) is 0 Å². The Morgan fingerprint density at radius 3 is 2.78 bits per heavy atom. The van der Waals surface area contributed by atoms with Crippen LogP contribution in [0.2, 0.25) is 5.02 Å². The molecule has 0 fully saturated rings. The Morgan fingerprint density at radius 1 is 1.44 bits per heavy atom. The Bertz CT molecular complexity index is 387. The molecule has 0 aliphatic heterocycles. The molecule has 1 atom stereocenters. The number of para-hydroxylation sites is 1. The number of rotatable bonds is 7. The highest BCUT2D eigenvalue weighted by molar-refractivity contribution is 7.98. The minimum Gasteiger partial charge on any atom is -0.324 e. The standard InChI is InChI=1S/C13H19ClN2OS/c1-3-10(9-18-2)15-8-13(17)16-12-7-5-4-6-11(12)14/h4-7,10,15H,3,8-9H2,1-2H3,(H,16,17). The summed E-state index contributed by atoms with van der Waals surface area (Å²) in [6.07, 6.45) is 3.08. The molecule has 0 radical (unpaired) electrons. The van der Waals surface area contributed by atoms with Crippen molar-refractivity contribution >= 4 is 35.0 Å². The number of hydrogen-bond acceptors (Lipinski definition) is 3. The first-order chi connectivity index (χ1) is 8.67. The fraction of sp³-hybridized carbons (Fsp3) is 0.462. The molecule has 0 heterocycles. The summed E-state index contributed by atoms with van der Waals surface area (Å²) < 4.78 is 0. The van der Waals surface area contributed by atoms with Gasteiger partial charge >= 0.3 is 0 Å². The highest BCUT2D eigenvalue weighted by Gasteiger charge is 2.09. The molecule has 1 aromatic rings. The Morgan fingerprint density at radius 2 is 2.17 bits per heavy atom. The lowest BCUT2D eigenvalue weighted by molar-refractivity contribution is -0.115. The molecule has 18 heavy (non-hydrogen) atoms. The molecular weight excluding hydrogens is 268 g/mol. The van der Waals surface area contributed by atoms with Crippen molar-refractivity contribution in [2.75, 3.05) is 23.9 Å². The van der Waals surface area contributed by atoms with Crippen molar-refractivity contribution < 1.29 is 4.79 Å². The first-order valence-corrected chi connectivity index (χ1v) is 7.71. The molecule has 1 rings (SSSR count). The van der Waals surface area contributed by atoms with Gasteiger partial charge in [-0.2, -0.15) is 11.8 Å². The maximum Gasteiger partial charge on any atom is 0.238 e. The van der Waals surface area contributed by atoms with E-state index in [0.29, 0.717) is 23.3 Å². The van der Waals surface area contributed by atoms with Crippen LogP contribution < -0.4 is 10.6 Å². The Balaban J connectivity index is 2.40. The topological polar surface area (TPSA) is 41.1 Å². The molecule has 1 unspecified atom stereocenters. The lowest BCUT2D eigenvalue weighted by Gasteiger charge is -2.15. The van der Waals surface area contributed by atoms with E-state index in [1.165, 1.54) is 0 Å². The molecule has 1 aromatic carbocycles. The van der Waals surface area contributed by atoms with E-state index in [-0.39, 0.29) is 5.91 Å². The Hall–Kier alpha value is -0.710. The van der Waals surface area contributed by atoms with Crippen molar-refractivity contribution in [2.24, 2.45) is 0 Å². The third kappa shape index (κ3) is 5.29. The van der Waals surface area contributed by atoms with Crippen LogP contribution in [0.4, 0.5) is 5.69 Å². The summed E-state index contributed by atoms with van der Waals surface area (Å²) >= 11 is 7.75. The van der Waals surface area contributed by atoms with Crippen LogP contribution in [0.3, 0.4) is 0 Å². The van der Waals surface area contributed by atoms with Gasteiger partial charge in [-0.1, -0.05) is 30.7 Å². The van der Waals surface area contributed by atoms with E-state index in [1.807, 2.05) is 12.1 Å². The number of halogens is 1. The summed E-state index contributed by atoms with van der Waals surface area (Å²) in [5.41, 5.74) is 0.656. The van der Waals surface area contributed by atoms with Gasteiger partial charge in [-0.3, -0.25) is 4.79 Å². The largest absolute Gasteiger partial charge is 0.324 e. The lowest BCUT2D eigenvalue weighted by Crippen LogP contribution is -2.37. The summed E-state index contributed by atoms with van der Waals surface area (Å²) in [4.78, 5) is 11.8. The van der Waals surface area contributed by atoms with E-state index >= 15 is 0 Å². The Labute approximate surface area is 118 Å². The molecule has 0 aromatic heterocycles. The highest BCUT2D eigenvalue weighted by atomic mass is 35.5. The summed E-state index contributed by atoms with van der Waals surface area (Å²) in [7, 11) is 0. The van der Waals surface area contributed by atoms with Gasteiger partial charge in [0.2, 0.25) is 5.91 Å². The van der Waals surface area contributed by atoms with E-state index in [1.54, 1.807) is 23.9 Å². The summed E-state index contributed by atoms with van der Waals surface area (Å²) in [5, 5.41) is 6.58. The van der Waals surface area contributed by atoms with Crippen molar-refractivity contribution in [3.8, 4) is 0 Å². The fourth-order valence-electron chi connectivity index (χ4n) is 1.52. The molecule has 0 aliphatic rings. The van der Waals surface area contributed by atoms with Gasteiger partial charge in [-0.05, 0) is 24.8 Å². The van der Waals surface area contributed by atoms with E-state index in [4.69, 9.17) is 11.6 Å². The third-order valence-electron chi connectivity index (χ3n) is 2.56. The van der Waals surface area contributed by atoms with E-state index < -0.39 is 0 Å². The van der Waals surface area contributed by atoms with Gasteiger partial charge in [0, 0.05) is 11.8 Å². The third-order valence-corrected chi connectivity index (χ3v) is 3.63. The van der Waals surface area contributed by atoms with Crippen LogP contribution in [-0.4, -0.2) is 30.5 Å². The van der Waals surface area contributed by atoms with Gasteiger partial charge in [-0.25, -0.2) is 0 Å². The molecule has 0 spiro atoms. The van der Waals surface area contributed by atoms with Gasteiger partial charge in [-0.15, -0.1) is 0 Å². The second kappa shape index (κ2) is 8.40. The van der Waals surface area contributed by atoms with Crippen molar-refractivity contribution in [2.45, 2.75) is 19.4 Å². The van der Waals surface area contributed by atoms with Crippen LogP contribution in [0.5, 0.6) is 0 Å². The molecule has 5 heteroatoms. The van der Waals surface area contributed by atoms with E-state index in [2.05, 4.69) is 23.8 Å². The predicted octanol–water partition coefficient (Wildman–Crippen LogP) is 3.01. The van der Waals surface area contributed by atoms with Crippen LogP contribution in [0, 0.1) is 0 Å². The number of carbonyl (C=O) groups excluding carboxylic acids is 1. The average Bonchev–Trinajstić information content (AvgIpc) is 2.37. The van der Waals surface area contributed by atoms with E-state index in [0.717, 1.165) is 12.2 Å². The van der Waals surface area contributed by atoms with Crippen LogP contribution in [0.1, 0.15) is 13.3 Å². The molecule has 100 valence electrons. The predicted molar refractivity (Wildman–Crippen MR) is 80.5 cm³/mol. The molecule has 2 N–H and O–H groups in total. The second-order valence-electron chi connectivity index (χ2n) is 3.97. The van der Waals surface area contributed by atoms with Crippen molar-refractivity contribution in [3.63, 3.8) is 0 Å². The van der Waals surface area contributed by atoms with Gasteiger partial charge in [0.05, 0.1) is 17.3 Å². The monoisotopic (exact) mass is 286 g/mol. The average molecular weight is 287 g/mol. The maximum atomic E-state index is 11.8. The smallest absolute Gasteiger partial charge is 0.238 e.